The number of nitrogens with zero attached hydrogens (tertiary/aromatic N) is 3. The number of alkyl halides is 3. The molecule has 0 aromatic carbocycles. The molecule has 2 atom stereocenters. The van der Waals surface area contributed by atoms with Gasteiger partial charge >= 0.3 is 12.1 Å². The highest BCUT2D eigenvalue weighted by atomic mass is 32.1. The number of hydrogen-bond donors (Lipinski definition) is 1. The number of carboxylic acids is 1. The molecule has 2 saturated heterocycles. The van der Waals surface area contributed by atoms with Gasteiger partial charge in [0.1, 0.15) is 0 Å². The number of carboxylic acid groups (broad SMARTS) is 1. The Morgan fingerprint density at radius 2 is 1.84 bits per heavy atom. The lowest BCUT2D eigenvalue weighted by molar-refractivity contribution is -0.192. The summed E-state index contributed by atoms with van der Waals surface area (Å²) in [6.45, 7) is 4.70. The van der Waals surface area contributed by atoms with Crippen LogP contribution in [0.1, 0.15) is 15.2 Å². The molecule has 0 spiro atoms. The highest BCUT2D eigenvalue weighted by Crippen LogP contribution is 2.33. The van der Waals surface area contributed by atoms with Gasteiger partial charge in [-0.15, -0.1) is 11.3 Å². The predicted octanol–water partition coefficient (Wildman–Crippen LogP) is 2.99. The van der Waals surface area contributed by atoms with Gasteiger partial charge in [-0.1, -0.05) is 12.1 Å². The smallest absolute Gasteiger partial charge is 0.481 e. The second-order valence-electron chi connectivity index (χ2n) is 7.38. The van der Waals surface area contributed by atoms with Crippen LogP contribution in [0.15, 0.2) is 35.8 Å². The topological polar surface area (TPSA) is 83.0 Å². The Bertz CT molecular complexity index is 893. The molecule has 4 rings (SSSR count). The van der Waals surface area contributed by atoms with Gasteiger partial charge in [0.05, 0.1) is 12.0 Å². The Hall–Kier alpha value is -2.66. The normalized spacial score (nSPS) is 20.7. The number of halogens is 3. The lowest BCUT2D eigenvalue weighted by Crippen LogP contribution is -2.32. The van der Waals surface area contributed by atoms with Gasteiger partial charge in [-0.3, -0.25) is 9.69 Å². The van der Waals surface area contributed by atoms with Crippen LogP contribution >= 0.6 is 11.3 Å². The van der Waals surface area contributed by atoms with E-state index in [0.29, 0.717) is 17.7 Å². The van der Waals surface area contributed by atoms with E-state index in [4.69, 9.17) is 14.6 Å². The fourth-order valence-electron chi connectivity index (χ4n) is 3.91. The monoisotopic (exact) mass is 457 g/mol. The molecule has 1 N–H and O–H groups in total. The number of ether oxygens (including phenoxy) is 1. The van der Waals surface area contributed by atoms with Gasteiger partial charge < -0.3 is 14.7 Å². The summed E-state index contributed by atoms with van der Waals surface area (Å²) < 4.78 is 37.1. The van der Waals surface area contributed by atoms with E-state index in [0.717, 1.165) is 43.2 Å². The zero-order valence-electron chi connectivity index (χ0n) is 16.7. The SMILES string of the molecule is COc1ncccc1CN1C[C@@H]2CN(C(=O)c3cccs3)C[C@@H]2C1.O=C(O)C(F)(F)F. The Labute approximate surface area is 181 Å². The van der Waals surface area contributed by atoms with Crippen molar-refractivity contribution in [1.29, 1.82) is 0 Å². The van der Waals surface area contributed by atoms with Crippen molar-refractivity contribution in [2.45, 2.75) is 12.7 Å². The maximum absolute atomic E-state index is 12.5. The molecule has 4 heterocycles. The number of likely N-dealkylation sites (tertiary alicyclic amines) is 2. The van der Waals surface area contributed by atoms with Crippen LogP contribution in [0, 0.1) is 11.8 Å². The molecule has 0 bridgehead atoms. The molecule has 7 nitrogen and oxygen atoms in total. The Morgan fingerprint density at radius 1 is 1.19 bits per heavy atom. The molecule has 2 aromatic heterocycles. The molecular weight excluding hydrogens is 435 g/mol. The first-order valence-electron chi connectivity index (χ1n) is 9.52. The first kappa shape index (κ1) is 23.0. The van der Waals surface area contributed by atoms with E-state index in [1.807, 2.05) is 28.5 Å². The number of aromatic nitrogens is 1. The van der Waals surface area contributed by atoms with Crippen LogP contribution in [-0.2, 0) is 11.3 Å². The minimum atomic E-state index is -5.08. The van der Waals surface area contributed by atoms with E-state index in [1.165, 1.54) is 11.3 Å². The van der Waals surface area contributed by atoms with Gasteiger partial charge in [-0.2, -0.15) is 13.2 Å². The molecule has 0 saturated carbocycles. The van der Waals surface area contributed by atoms with Crippen LogP contribution in [0.25, 0.3) is 0 Å². The Balaban J connectivity index is 0.000000339. The van der Waals surface area contributed by atoms with Crippen LogP contribution in [0.2, 0.25) is 0 Å². The minimum Gasteiger partial charge on any atom is -0.481 e. The summed E-state index contributed by atoms with van der Waals surface area (Å²) in [5, 5.41) is 9.09. The van der Waals surface area contributed by atoms with E-state index in [2.05, 4.69) is 16.0 Å². The van der Waals surface area contributed by atoms with Crippen molar-refractivity contribution >= 4 is 23.2 Å². The maximum Gasteiger partial charge on any atom is 0.490 e. The number of amides is 1. The summed E-state index contributed by atoms with van der Waals surface area (Å²) in [4.78, 5) is 31.0. The average molecular weight is 457 g/mol. The predicted molar refractivity (Wildman–Crippen MR) is 107 cm³/mol. The van der Waals surface area contributed by atoms with E-state index < -0.39 is 12.1 Å². The fraction of sp³-hybridized carbons (Fsp3) is 0.450. The van der Waals surface area contributed by atoms with Crippen molar-refractivity contribution in [2.75, 3.05) is 33.3 Å². The zero-order valence-corrected chi connectivity index (χ0v) is 17.5. The number of methoxy groups -OCH3 is 1. The molecule has 2 aromatic rings. The average Bonchev–Trinajstić information content (AvgIpc) is 3.44. The van der Waals surface area contributed by atoms with Gasteiger partial charge in [0.25, 0.3) is 5.91 Å². The van der Waals surface area contributed by atoms with Gasteiger partial charge in [0.15, 0.2) is 0 Å². The van der Waals surface area contributed by atoms with E-state index in [9.17, 15) is 18.0 Å². The van der Waals surface area contributed by atoms with Crippen molar-refractivity contribution < 1.29 is 32.6 Å². The number of aliphatic carboxylic acids is 1. The number of fused-ring (bicyclic) bond motifs is 1. The Kier molecular flexibility index (Phi) is 7.16. The highest BCUT2D eigenvalue weighted by Gasteiger charge is 2.42. The first-order chi connectivity index (χ1) is 14.7. The summed E-state index contributed by atoms with van der Waals surface area (Å²) in [5.74, 6) is -0.690. The van der Waals surface area contributed by atoms with Gasteiger partial charge in [-0.25, -0.2) is 9.78 Å². The van der Waals surface area contributed by atoms with Crippen LogP contribution in [0.3, 0.4) is 0 Å². The van der Waals surface area contributed by atoms with Crippen molar-refractivity contribution in [2.24, 2.45) is 11.8 Å². The molecule has 2 fully saturated rings. The lowest BCUT2D eigenvalue weighted by Gasteiger charge is -2.21. The molecule has 2 aliphatic rings. The molecule has 0 aliphatic carbocycles. The maximum atomic E-state index is 12.5. The van der Waals surface area contributed by atoms with Crippen molar-refractivity contribution in [1.82, 2.24) is 14.8 Å². The third kappa shape index (κ3) is 5.73. The van der Waals surface area contributed by atoms with E-state index in [1.54, 1.807) is 13.3 Å². The third-order valence-electron chi connectivity index (χ3n) is 5.26. The molecule has 2 aliphatic heterocycles. The van der Waals surface area contributed by atoms with Crippen LogP contribution in [0.5, 0.6) is 5.88 Å². The standard InChI is InChI=1S/C18H21N3O2S.C2HF3O2/c1-23-17-13(4-2-6-19-17)8-20-9-14-11-21(12-15(14)10-20)18(22)16-5-3-7-24-16;3-2(4,5)1(6)7/h2-7,14-15H,8-12H2,1H3;(H,6,7)/t14-,15+;. The molecule has 31 heavy (non-hydrogen) atoms. The van der Waals surface area contributed by atoms with Crippen LogP contribution < -0.4 is 4.74 Å². The molecular formula is C20H22F3N3O4S. The van der Waals surface area contributed by atoms with Crippen molar-refractivity contribution in [3.63, 3.8) is 0 Å². The third-order valence-corrected chi connectivity index (χ3v) is 6.12. The van der Waals surface area contributed by atoms with Crippen molar-refractivity contribution in [3.8, 4) is 5.88 Å². The molecule has 0 radical (unpaired) electrons. The molecule has 1 amide bonds. The van der Waals surface area contributed by atoms with Gasteiger partial charge in [-0.05, 0) is 29.3 Å². The summed E-state index contributed by atoms with van der Waals surface area (Å²) in [7, 11) is 1.67. The van der Waals surface area contributed by atoms with Crippen LogP contribution in [0.4, 0.5) is 13.2 Å². The molecule has 11 heteroatoms. The fourth-order valence-corrected chi connectivity index (χ4v) is 4.60. The summed E-state index contributed by atoms with van der Waals surface area (Å²) in [6.07, 6.45) is -3.32. The number of carbonyl (C=O) groups is 2. The summed E-state index contributed by atoms with van der Waals surface area (Å²) >= 11 is 1.53. The zero-order chi connectivity index (χ0) is 22.6. The highest BCUT2D eigenvalue weighted by molar-refractivity contribution is 7.12. The summed E-state index contributed by atoms with van der Waals surface area (Å²) in [6, 6.07) is 7.89. The minimum absolute atomic E-state index is 0.194. The largest absolute Gasteiger partial charge is 0.490 e. The van der Waals surface area contributed by atoms with E-state index >= 15 is 0 Å². The summed E-state index contributed by atoms with van der Waals surface area (Å²) in [5.41, 5.74) is 1.13. The van der Waals surface area contributed by atoms with Crippen LogP contribution in [-0.4, -0.2) is 71.2 Å². The van der Waals surface area contributed by atoms with Crippen molar-refractivity contribution in [3.05, 3.63) is 46.3 Å². The first-order valence-corrected chi connectivity index (χ1v) is 10.4. The number of thiophene rings is 1. The second kappa shape index (κ2) is 9.65. The number of pyridine rings is 1. The van der Waals surface area contributed by atoms with Gasteiger partial charge in [0.2, 0.25) is 5.88 Å². The number of rotatable bonds is 4. The molecule has 0 unspecified atom stereocenters. The lowest BCUT2D eigenvalue weighted by atomic mass is 10.0. The number of carbonyl (C=O) groups excluding carboxylic acids is 1. The second-order valence-corrected chi connectivity index (χ2v) is 8.32. The van der Waals surface area contributed by atoms with E-state index in [-0.39, 0.29) is 5.91 Å². The Morgan fingerprint density at radius 3 is 2.35 bits per heavy atom. The quantitative estimate of drug-likeness (QED) is 0.760. The number of hydrogen-bond acceptors (Lipinski definition) is 6. The molecule has 168 valence electrons. The van der Waals surface area contributed by atoms with Gasteiger partial charge in [0, 0.05) is 44.5 Å².